The van der Waals surface area contributed by atoms with Gasteiger partial charge in [0.1, 0.15) is 6.10 Å². The molecule has 0 saturated carbocycles. The third-order valence-corrected chi connectivity index (χ3v) is 10.1. The molecule has 0 heterocycles. The van der Waals surface area contributed by atoms with E-state index in [4.69, 9.17) is 14.2 Å². The number of unbranched alkanes of at least 4 members (excludes halogenated alkanes) is 25. The summed E-state index contributed by atoms with van der Waals surface area (Å²) in [5.74, 6) is 0. The number of nitrogens with one attached hydrogen (secondary N) is 1. The van der Waals surface area contributed by atoms with Crippen molar-refractivity contribution in [1.82, 2.24) is 5.32 Å². The summed E-state index contributed by atoms with van der Waals surface area (Å²) in [4.78, 5) is 12.7. The van der Waals surface area contributed by atoms with E-state index < -0.39 is 0 Å². The summed E-state index contributed by atoms with van der Waals surface area (Å²) < 4.78 is 18.0. The van der Waals surface area contributed by atoms with Gasteiger partial charge in [-0.15, -0.1) is 0 Å². The molecule has 0 aliphatic carbocycles. The van der Waals surface area contributed by atoms with Crippen LogP contribution in [-0.2, 0) is 14.2 Å². The lowest BCUT2D eigenvalue weighted by Crippen LogP contribution is -2.32. The van der Waals surface area contributed by atoms with Gasteiger partial charge in [0.25, 0.3) is 0 Å². The largest absolute Gasteiger partial charge is 0.446 e. The van der Waals surface area contributed by atoms with Crippen LogP contribution in [-0.4, -0.2) is 43.2 Å². The molecule has 1 amide bonds. The zero-order valence-corrected chi connectivity index (χ0v) is 35.3. The van der Waals surface area contributed by atoms with Gasteiger partial charge in [-0.2, -0.15) is 0 Å². The fourth-order valence-corrected chi connectivity index (χ4v) is 6.70. The van der Waals surface area contributed by atoms with Crippen LogP contribution in [0.25, 0.3) is 0 Å². The van der Waals surface area contributed by atoms with Gasteiger partial charge < -0.3 is 19.5 Å². The van der Waals surface area contributed by atoms with Gasteiger partial charge in [-0.25, -0.2) is 4.79 Å². The third kappa shape index (κ3) is 38.4. The van der Waals surface area contributed by atoms with Crippen molar-refractivity contribution in [3.8, 4) is 0 Å². The fourth-order valence-electron chi connectivity index (χ4n) is 6.70. The second-order valence-electron chi connectivity index (χ2n) is 17.0. The quantitative estimate of drug-likeness (QED) is 0.0648. The van der Waals surface area contributed by atoms with E-state index in [0.29, 0.717) is 19.8 Å². The maximum Gasteiger partial charge on any atom is 0.407 e. The smallest absolute Gasteiger partial charge is 0.407 e. The Morgan fingerprint density at radius 3 is 1.20 bits per heavy atom. The van der Waals surface area contributed by atoms with E-state index in [-0.39, 0.29) is 23.4 Å². The molecule has 300 valence electrons. The van der Waals surface area contributed by atoms with Crippen molar-refractivity contribution in [3.05, 3.63) is 0 Å². The molecule has 1 unspecified atom stereocenters. The fraction of sp³-hybridized carbons (Fsp3) is 0.978. The molecule has 5 nitrogen and oxygen atoms in total. The minimum Gasteiger partial charge on any atom is -0.446 e. The lowest BCUT2D eigenvalue weighted by atomic mass is 10.0. The van der Waals surface area contributed by atoms with Crippen LogP contribution in [0.3, 0.4) is 0 Å². The minimum atomic E-state index is -0.257. The summed E-state index contributed by atoms with van der Waals surface area (Å²) in [6.07, 6.45) is 40.3. The normalized spacial score (nSPS) is 12.8. The first-order valence-electron chi connectivity index (χ1n) is 22.3. The van der Waals surface area contributed by atoms with Crippen molar-refractivity contribution in [2.24, 2.45) is 0 Å². The number of amides is 1. The number of carbonyl (C=O) groups excluding carboxylic acids is 1. The van der Waals surface area contributed by atoms with Crippen LogP contribution in [0, 0.1) is 0 Å². The van der Waals surface area contributed by atoms with Gasteiger partial charge in [0, 0.05) is 19.8 Å². The monoisotopic (exact) mass is 710 g/mol. The SMILES string of the molecule is CCCCCCCCCCCCCCCCC(CCCCCCCCCCCCCCC)OC(=O)NCCCOC(C)(C)CCOC(C)(C)C. The molecule has 1 N–H and O–H groups in total. The second kappa shape index (κ2) is 35.2. The van der Waals surface area contributed by atoms with Crippen molar-refractivity contribution < 1.29 is 19.0 Å². The van der Waals surface area contributed by atoms with Gasteiger partial charge in [-0.05, 0) is 73.1 Å². The van der Waals surface area contributed by atoms with Crippen LogP contribution >= 0.6 is 0 Å². The van der Waals surface area contributed by atoms with Gasteiger partial charge in [-0.1, -0.05) is 174 Å². The summed E-state index contributed by atoms with van der Waals surface area (Å²) in [7, 11) is 0. The predicted octanol–water partition coefficient (Wildman–Crippen LogP) is 14.8. The summed E-state index contributed by atoms with van der Waals surface area (Å²) >= 11 is 0. The number of hydrogen-bond acceptors (Lipinski definition) is 4. The molecule has 0 fully saturated rings. The molecule has 0 saturated heterocycles. The van der Waals surface area contributed by atoms with Crippen molar-refractivity contribution in [2.45, 2.75) is 265 Å². The number of hydrogen-bond donors (Lipinski definition) is 1. The molecule has 5 heteroatoms. The maximum atomic E-state index is 12.7. The Bertz CT molecular complexity index is 704. The lowest BCUT2D eigenvalue weighted by molar-refractivity contribution is -0.0667. The number of alkyl carbamates (subject to hydrolysis) is 1. The molecule has 0 aliphatic rings. The average Bonchev–Trinajstić information content (AvgIpc) is 3.05. The zero-order chi connectivity index (χ0) is 37.0. The molecular weight excluding hydrogens is 618 g/mol. The van der Waals surface area contributed by atoms with E-state index >= 15 is 0 Å². The van der Waals surface area contributed by atoms with E-state index in [1.807, 2.05) is 0 Å². The van der Waals surface area contributed by atoms with E-state index in [1.54, 1.807) is 0 Å². The van der Waals surface area contributed by atoms with E-state index in [9.17, 15) is 4.79 Å². The first-order chi connectivity index (χ1) is 24.1. The summed E-state index contributed by atoms with van der Waals surface area (Å²) in [6.45, 7) is 16.9. The Labute approximate surface area is 314 Å². The van der Waals surface area contributed by atoms with Crippen molar-refractivity contribution in [1.29, 1.82) is 0 Å². The lowest BCUT2D eigenvalue weighted by Gasteiger charge is -2.28. The first-order valence-corrected chi connectivity index (χ1v) is 22.3. The number of rotatable bonds is 38. The average molecular weight is 710 g/mol. The Hall–Kier alpha value is -0.810. The highest BCUT2D eigenvalue weighted by atomic mass is 16.6. The number of ether oxygens (including phenoxy) is 3. The van der Waals surface area contributed by atoms with Crippen LogP contribution in [0.1, 0.15) is 248 Å². The van der Waals surface area contributed by atoms with Crippen LogP contribution in [0.4, 0.5) is 4.79 Å². The Kier molecular flexibility index (Phi) is 34.7. The topological polar surface area (TPSA) is 56.8 Å². The molecule has 0 spiro atoms. The van der Waals surface area contributed by atoms with E-state index in [0.717, 1.165) is 38.5 Å². The summed E-state index contributed by atoms with van der Waals surface area (Å²) in [5.41, 5.74) is -0.365. The molecule has 0 aliphatic heterocycles. The van der Waals surface area contributed by atoms with Crippen LogP contribution in [0.2, 0.25) is 0 Å². The summed E-state index contributed by atoms with van der Waals surface area (Å²) in [5, 5.41) is 3.00. The van der Waals surface area contributed by atoms with Crippen LogP contribution < -0.4 is 5.32 Å². The Balaban J connectivity index is 4.25. The second-order valence-corrected chi connectivity index (χ2v) is 17.0. The van der Waals surface area contributed by atoms with Crippen molar-refractivity contribution >= 4 is 6.09 Å². The number of carbonyl (C=O) groups is 1. The van der Waals surface area contributed by atoms with Gasteiger partial charge in [-0.3, -0.25) is 0 Å². The molecule has 50 heavy (non-hydrogen) atoms. The molecule has 0 radical (unpaired) electrons. The van der Waals surface area contributed by atoms with Crippen LogP contribution in [0.5, 0.6) is 0 Å². The first kappa shape index (κ1) is 49.2. The molecule has 0 aromatic rings. The van der Waals surface area contributed by atoms with E-state index in [1.165, 1.54) is 161 Å². The van der Waals surface area contributed by atoms with Gasteiger partial charge in [0.15, 0.2) is 0 Å². The standard InChI is InChI=1S/C45H91NO4/c1-8-10-12-14-16-18-20-22-24-26-28-30-32-34-37-42(36-33-31-29-27-25-23-21-19-17-15-13-11-9-2)50-43(47)46-39-35-40-49-45(6,7)38-41-48-44(3,4)5/h42H,8-41H2,1-7H3,(H,46,47). The highest BCUT2D eigenvalue weighted by Gasteiger charge is 2.20. The highest BCUT2D eigenvalue weighted by Crippen LogP contribution is 2.20. The van der Waals surface area contributed by atoms with Crippen molar-refractivity contribution in [3.63, 3.8) is 0 Å². The molecule has 1 atom stereocenters. The zero-order valence-electron chi connectivity index (χ0n) is 35.3. The maximum absolute atomic E-state index is 12.7. The minimum absolute atomic E-state index is 0.0398. The highest BCUT2D eigenvalue weighted by molar-refractivity contribution is 5.67. The molecule has 0 bridgehead atoms. The van der Waals surface area contributed by atoms with Crippen molar-refractivity contribution in [2.75, 3.05) is 19.8 Å². The predicted molar refractivity (Wildman–Crippen MR) is 218 cm³/mol. The Morgan fingerprint density at radius 1 is 0.480 bits per heavy atom. The molecular formula is C45H91NO4. The van der Waals surface area contributed by atoms with Gasteiger partial charge >= 0.3 is 6.09 Å². The third-order valence-electron chi connectivity index (χ3n) is 10.1. The Morgan fingerprint density at radius 2 is 0.840 bits per heavy atom. The van der Waals surface area contributed by atoms with Gasteiger partial charge in [0.05, 0.1) is 11.2 Å². The molecule has 0 aromatic carbocycles. The molecule has 0 rings (SSSR count). The van der Waals surface area contributed by atoms with Crippen LogP contribution in [0.15, 0.2) is 0 Å². The van der Waals surface area contributed by atoms with Gasteiger partial charge in [0.2, 0.25) is 0 Å². The van der Waals surface area contributed by atoms with E-state index in [2.05, 4.69) is 53.8 Å². The summed E-state index contributed by atoms with van der Waals surface area (Å²) in [6, 6.07) is 0. The molecule has 0 aromatic heterocycles.